The van der Waals surface area contributed by atoms with Crippen LogP contribution in [0.3, 0.4) is 0 Å². The lowest BCUT2D eigenvalue weighted by Gasteiger charge is -2.27. The van der Waals surface area contributed by atoms with E-state index in [9.17, 15) is 5.11 Å². The Morgan fingerprint density at radius 2 is 1.91 bits per heavy atom. The van der Waals surface area contributed by atoms with Gasteiger partial charge in [0.2, 0.25) is 5.95 Å². The first kappa shape index (κ1) is 17.2. The first-order chi connectivity index (χ1) is 10.4. The van der Waals surface area contributed by atoms with Crippen molar-refractivity contribution in [3.63, 3.8) is 0 Å². The first-order valence-electron chi connectivity index (χ1n) is 8.34. The lowest BCUT2D eigenvalue weighted by molar-refractivity contribution is 0.0627. The Labute approximate surface area is 134 Å². The second-order valence-electron chi connectivity index (χ2n) is 7.36. The molecule has 1 aromatic rings. The number of hydrogen-bond acceptors (Lipinski definition) is 5. The minimum absolute atomic E-state index is 0.104. The molecule has 0 aliphatic carbocycles. The van der Waals surface area contributed by atoms with Crippen LogP contribution in [0.15, 0.2) is 6.07 Å². The molecule has 1 aliphatic rings. The largest absolute Gasteiger partial charge is 0.391 e. The molecule has 2 N–H and O–H groups in total. The van der Waals surface area contributed by atoms with E-state index in [4.69, 9.17) is 0 Å². The highest BCUT2D eigenvalue weighted by Gasteiger charge is 2.21. The lowest BCUT2D eigenvalue weighted by Crippen LogP contribution is -2.36. The second-order valence-corrected chi connectivity index (χ2v) is 7.36. The Bertz CT molecular complexity index is 478. The van der Waals surface area contributed by atoms with Crippen LogP contribution in [0.25, 0.3) is 0 Å². The predicted octanol–water partition coefficient (Wildman–Crippen LogP) is 2.27. The third-order valence-corrected chi connectivity index (χ3v) is 4.18. The molecular formula is C17H30N4O. The molecular weight excluding hydrogens is 276 g/mol. The Morgan fingerprint density at radius 3 is 2.55 bits per heavy atom. The van der Waals surface area contributed by atoms with Gasteiger partial charge in [-0.1, -0.05) is 20.8 Å². The van der Waals surface area contributed by atoms with Gasteiger partial charge < -0.3 is 15.3 Å². The average Bonchev–Trinajstić information content (AvgIpc) is 2.46. The van der Waals surface area contributed by atoms with Crippen molar-refractivity contribution < 1.29 is 5.11 Å². The summed E-state index contributed by atoms with van der Waals surface area (Å²) in [6, 6.07) is 2.02. The highest BCUT2D eigenvalue weighted by Crippen LogP contribution is 2.19. The first-order valence-corrected chi connectivity index (χ1v) is 8.34. The zero-order chi connectivity index (χ0) is 16.2. The van der Waals surface area contributed by atoms with E-state index in [2.05, 4.69) is 20.2 Å². The number of aliphatic hydroxyl groups is 1. The molecule has 1 fully saturated rings. The maximum absolute atomic E-state index is 10.1. The van der Waals surface area contributed by atoms with Gasteiger partial charge in [0.15, 0.2) is 0 Å². The normalized spacial score (nSPS) is 17.6. The van der Waals surface area contributed by atoms with E-state index in [1.54, 1.807) is 0 Å². The van der Waals surface area contributed by atoms with E-state index in [1.165, 1.54) is 19.3 Å². The van der Waals surface area contributed by atoms with Gasteiger partial charge >= 0.3 is 0 Å². The summed E-state index contributed by atoms with van der Waals surface area (Å²) < 4.78 is 0. The van der Waals surface area contributed by atoms with Crippen LogP contribution in [0.5, 0.6) is 0 Å². The van der Waals surface area contributed by atoms with E-state index in [1.807, 2.05) is 33.8 Å². The predicted molar refractivity (Wildman–Crippen MR) is 90.0 cm³/mol. The Kier molecular flexibility index (Phi) is 5.75. The molecule has 0 bridgehead atoms. The highest BCUT2D eigenvalue weighted by molar-refractivity contribution is 5.32. The van der Waals surface area contributed by atoms with Crippen LogP contribution in [-0.4, -0.2) is 40.8 Å². The fourth-order valence-corrected chi connectivity index (χ4v) is 2.59. The van der Waals surface area contributed by atoms with Gasteiger partial charge in [0.05, 0.1) is 11.8 Å². The minimum atomic E-state index is -0.364. The van der Waals surface area contributed by atoms with Crippen LogP contribution >= 0.6 is 0 Å². The number of nitrogens with one attached hydrogen (secondary N) is 1. The van der Waals surface area contributed by atoms with Crippen LogP contribution < -0.4 is 10.2 Å². The molecule has 1 saturated heterocycles. The molecule has 5 nitrogen and oxygen atoms in total. The van der Waals surface area contributed by atoms with Gasteiger partial charge in [0.25, 0.3) is 0 Å². The van der Waals surface area contributed by atoms with Gasteiger partial charge in [0, 0.05) is 31.9 Å². The molecule has 0 spiro atoms. The van der Waals surface area contributed by atoms with Crippen LogP contribution in [-0.2, 0) is 6.54 Å². The van der Waals surface area contributed by atoms with E-state index < -0.39 is 0 Å². The number of aromatic nitrogens is 2. The maximum Gasteiger partial charge on any atom is 0.225 e. The molecule has 0 amide bonds. The average molecular weight is 306 g/mol. The molecule has 0 aromatic carbocycles. The Hall–Kier alpha value is -1.20. The van der Waals surface area contributed by atoms with E-state index in [0.717, 1.165) is 30.4 Å². The number of aliphatic hydroxyl groups excluding tert-OH is 1. The summed E-state index contributed by atoms with van der Waals surface area (Å²) in [6.45, 7) is 11.5. The van der Waals surface area contributed by atoms with Crippen molar-refractivity contribution in [1.29, 1.82) is 0 Å². The molecule has 124 valence electrons. The topological polar surface area (TPSA) is 61.3 Å². The third-order valence-electron chi connectivity index (χ3n) is 4.18. The lowest BCUT2D eigenvalue weighted by atomic mass is 9.89. The molecule has 5 heteroatoms. The molecule has 1 aromatic heterocycles. The van der Waals surface area contributed by atoms with Gasteiger partial charge in [0.1, 0.15) is 0 Å². The fraction of sp³-hybridized carbons (Fsp3) is 0.765. The second kappa shape index (κ2) is 7.38. The van der Waals surface area contributed by atoms with E-state index in [-0.39, 0.29) is 11.5 Å². The van der Waals surface area contributed by atoms with Crippen molar-refractivity contribution in [1.82, 2.24) is 15.3 Å². The summed E-state index contributed by atoms with van der Waals surface area (Å²) in [5.41, 5.74) is 1.89. The summed E-state index contributed by atoms with van der Waals surface area (Å²) in [5, 5.41) is 13.4. The summed E-state index contributed by atoms with van der Waals surface area (Å²) in [4.78, 5) is 11.5. The van der Waals surface area contributed by atoms with Crippen LogP contribution in [0.1, 0.15) is 51.4 Å². The third kappa shape index (κ3) is 4.92. The van der Waals surface area contributed by atoms with Crippen LogP contribution in [0, 0.1) is 12.3 Å². The zero-order valence-electron chi connectivity index (χ0n) is 14.4. The van der Waals surface area contributed by atoms with Crippen molar-refractivity contribution in [3.8, 4) is 0 Å². The van der Waals surface area contributed by atoms with Gasteiger partial charge in [-0.3, -0.25) is 0 Å². The Balaban J connectivity index is 1.95. The molecule has 0 saturated carbocycles. The quantitative estimate of drug-likeness (QED) is 0.874. The number of piperidine rings is 1. The van der Waals surface area contributed by atoms with Gasteiger partial charge in [-0.05, 0) is 37.7 Å². The van der Waals surface area contributed by atoms with Crippen molar-refractivity contribution in [2.75, 3.05) is 24.5 Å². The molecule has 1 atom stereocenters. The zero-order valence-corrected chi connectivity index (χ0v) is 14.4. The molecule has 1 unspecified atom stereocenters. The van der Waals surface area contributed by atoms with E-state index >= 15 is 0 Å². The fourth-order valence-electron chi connectivity index (χ4n) is 2.59. The summed E-state index contributed by atoms with van der Waals surface area (Å²) in [6.07, 6.45) is 3.39. The van der Waals surface area contributed by atoms with Crippen molar-refractivity contribution in [3.05, 3.63) is 17.5 Å². The van der Waals surface area contributed by atoms with Crippen molar-refractivity contribution in [2.24, 2.45) is 5.41 Å². The number of rotatable bonds is 5. The van der Waals surface area contributed by atoms with E-state index in [0.29, 0.717) is 13.1 Å². The van der Waals surface area contributed by atoms with Gasteiger partial charge in [-0.15, -0.1) is 0 Å². The number of aryl methyl sites for hydroxylation is 1. The number of nitrogens with zero attached hydrogens (tertiary/aromatic N) is 3. The highest BCUT2D eigenvalue weighted by atomic mass is 16.3. The minimum Gasteiger partial charge on any atom is -0.391 e. The summed E-state index contributed by atoms with van der Waals surface area (Å²) >= 11 is 0. The summed E-state index contributed by atoms with van der Waals surface area (Å²) in [7, 11) is 0. The molecule has 22 heavy (non-hydrogen) atoms. The monoisotopic (exact) mass is 306 g/mol. The van der Waals surface area contributed by atoms with Crippen LogP contribution in [0.4, 0.5) is 5.95 Å². The smallest absolute Gasteiger partial charge is 0.225 e. The number of hydrogen-bond donors (Lipinski definition) is 2. The maximum atomic E-state index is 10.1. The summed E-state index contributed by atoms with van der Waals surface area (Å²) in [5.74, 6) is 0.855. The van der Waals surface area contributed by atoms with Crippen molar-refractivity contribution >= 4 is 5.95 Å². The van der Waals surface area contributed by atoms with Crippen LogP contribution in [0.2, 0.25) is 0 Å². The van der Waals surface area contributed by atoms with Crippen molar-refractivity contribution in [2.45, 2.75) is 59.6 Å². The standard InChI is InChI=1S/C17H30N4O/c1-13-10-14(11-18-12-15(22)17(2,3)4)20-16(19-13)21-8-6-5-7-9-21/h10,15,18,22H,5-9,11-12H2,1-4H3. The Morgan fingerprint density at radius 1 is 1.23 bits per heavy atom. The number of anilines is 1. The SMILES string of the molecule is Cc1cc(CNCC(O)C(C)(C)C)nc(N2CCCCC2)n1. The molecule has 1 aliphatic heterocycles. The molecule has 0 radical (unpaired) electrons. The van der Waals surface area contributed by atoms with Gasteiger partial charge in [-0.2, -0.15) is 0 Å². The van der Waals surface area contributed by atoms with Gasteiger partial charge in [-0.25, -0.2) is 9.97 Å². The molecule has 2 rings (SSSR count). The molecule has 2 heterocycles.